The molecule has 3 amide bonds. The number of carbonyl (C=O) groups is 2. The zero-order chi connectivity index (χ0) is 15.5. The first-order valence-electron chi connectivity index (χ1n) is 7.22. The van der Waals surface area contributed by atoms with Crippen molar-refractivity contribution >= 4 is 28.8 Å². The highest BCUT2D eigenvalue weighted by atomic mass is 16.2. The molecule has 2 aromatic rings. The fourth-order valence-corrected chi connectivity index (χ4v) is 2.49. The summed E-state index contributed by atoms with van der Waals surface area (Å²) >= 11 is 0. The van der Waals surface area contributed by atoms with Crippen LogP contribution in [0, 0.1) is 0 Å². The summed E-state index contributed by atoms with van der Waals surface area (Å²) in [6, 6.07) is 13.5. The van der Waals surface area contributed by atoms with Crippen LogP contribution < -0.4 is 11.1 Å². The van der Waals surface area contributed by atoms with Crippen LogP contribution in [-0.2, 0) is 4.79 Å². The smallest absolute Gasteiger partial charge is 0.329 e. The first kappa shape index (κ1) is 14.3. The summed E-state index contributed by atoms with van der Waals surface area (Å²) in [5.41, 5.74) is 6.61. The van der Waals surface area contributed by atoms with Crippen molar-refractivity contribution in [3.63, 3.8) is 0 Å². The predicted molar refractivity (Wildman–Crippen MR) is 85.8 cm³/mol. The van der Waals surface area contributed by atoms with E-state index in [-0.39, 0.29) is 11.9 Å². The summed E-state index contributed by atoms with van der Waals surface area (Å²) in [4.78, 5) is 25.2. The molecule has 0 aliphatic carbocycles. The molecular weight excluding hydrogens is 278 g/mol. The molecule has 1 aliphatic rings. The van der Waals surface area contributed by atoms with Crippen molar-refractivity contribution in [1.82, 2.24) is 10.2 Å². The van der Waals surface area contributed by atoms with Gasteiger partial charge in [-0.15, -0.1) is 0 Å². The van der Waals surface area contributed by atoms with E-state index in [0.29, 0.717) is 25.2 Å². The van der Waals surface area contributed by atoms with Gasteiger partial charge >= 0.3 is 6.03 Å². The van der Waals surface area contributed by atoms with Gasteiger partial charge in [0.2, 0.25) is 0 Å². The Hall–Kier alpha value is -2.66. The lowest BCUT2D eigenvalue weighted by molar-refractivity contribution is -0.122. The molecule has 1 saturated heterocycles. The number of hydrogen-bond donors (Lipinski definition) is 2. The number of nitrogens with one attached hydrogen (secondary N) is 1. The molecule has 0 spiro atoms. The van der Waals surface area contributed by atoms with E-state index >= 15 is 0 Å². The van der Waals surface area contributed by atoms with Gasteiger partial charge in [-0.05, 0) is 41.4 Å². The summed E-state index contributed by atoms with van der Waals surface area (Å²) in [5, 5.41) is 4.84. The first-order valence-corrected chi connectivity index (χ1v) is 7.22. The van der Waals surface area contributed by atoms with Gasteiger partial charge in [0.1, 0.15) is 5.70 Å². The molecule has 112 valence electrons. The van der Waals surface area contributed by atoms with E-state index in [4.69, 9.17) is 5.73 Å². The Labute approximate surface area is 128 Å². The maximum atomic E-state index is 12.2. The van der Waals surface area contributed by atoms with Crippen molar-refractivity contribution < 1.29 is 9.59 Å². The van der Waals surface area contributed by atoms with Crippen LogP contribution in [0.15, 0.2) is 48.2 Å². The van der Waals surface area contributed by atoms with E-state index in [1.807, 2.05) is 42.5 Å². The fourth-order valence-electron chi connectivity index (χ4n) is 2.49. The number of carbonyl (C=O) groups excluding carboxylic acids is 2. The Morgan fingerprint density at radius 1 is 1.09 bits per heavy atom. The molecule has 5 nitrogen and oxygen atoms in total. The third-order valence-corrected chi connectivity index (χ3v) is 3.63. The summed E-state index contributed by atoms with van der Waals surface area (Å²) in [6.07, 6.45) is 2.30. The summed E-state index contributed by atoms with van der Waals surface area (Å²) in [5.74, 6) is -0.299. The fraction of sp³-hybridized carbons (Fsp3) is 0.176. The molecule has 0 bridgehead atoms. The highest BCUT2D eigenvalue weighted by Gasteiger charge is 2.32. The van der Waals surface area contributed by atoms with E-state index in [1.165, 1.54) is 4.90 Å². The first-order chi connectivity index (χ1) is 10.7. The van der Waals surface area contributed by atoms with Gasteiger partial charge < -0.3 is 11.1 Å². The van der Waals surface area contributed by atoms with E-state index < -0.39 is 0 Å². The molecule has 0 unspecified atom stereocenters. The molecule has 1 heterocycles. The summed E-state index contributed by atoms with van der Waals surface area (Å²) < 4.78 is 0. The number of benzene rings is 2. The van der Waals surface area contributed by atoms with Crippen LogP contribution in [0.25, 0.3) is 16.8 Å². The van der Waals surface area contributed by atoms with E-state index in [9.17, 15) is 9.59 Å². The third kappa shape index (κ3) is 2.71. The number of hydrogen-bond acceptors (Lipinski definition) is 3. The molecule has 0 radical (unpaired) electrons. The van der Waals surface area contributed by atoms with Crippen LogP contribution in [0.4, 0.5) is 4.79 Å². The van der Waals surface area contributed by atoms with Gasteiger partial charge in [-0.25, -0.2) is 4.79 Å². The lowest BCUT2D eigenvalue weighted by atomic mass is 10.1. The zero-order valence-corrected chi connectivity index (χ0v) is 12.1. The van der Waals surface area contributed by atoms with Gasteiger partial charge in [-0.2, -0.15) is 0 Å². The molecule has 0 saturated carbocycles. The molecule has 1 fully saturated rings. The second kappa shape index (κ2) is 5.99. The van der Waals surface area contributed by atoms with Crippen LogP contribution in [0.3, 0.4) is 0 Å². The van der Waals surface area contributed by atoms with Crippen LogP contribution >= 0.6 is 0 Å². The van der Waals surface area contributed by atoms with Gasteiger partial charge in [0, 0.05) is 6.54 Å². The molecule has 22 heavy (non-hydrogen) atoms. The van der Waals surface area contributed by atoms with E-state index in [2.05, 4.69) is 5.32 Å². The lowest BCUT2D eigenvalue weighted by Gasteiger charge is -2.09. The standard InChI is InChI=1S/C17H17N3O2/c18-8-3-9-20-16(21)15(19-17(20)22)11-12-6-7-13-4-1-2-5-14(13)10-12/h1-2,4-7,10-11H,3,8-9,18H2,(H,19,22). The van der Waals surface area contributed by atoms with Crippen LogP contribution in [0.2, 0.25) is 0 Å². The quantitative estimate of drug-likeness (QED) is 0.670. The van der Waals surface area contributed by atoms with Crippen molar-refractivity contribution in [3.05, 3.63) is 53.7 Å². The van der Waals surface area contributed by atoms with Gasteiger partial charge in [0.05, 0.1) is 0 Å². The molecular formula is C17H17N3O2. The molecule has 3 N–H and O–H groups in total. The van der Waals surface area contributed by atoms with Gasteiger partial charge in [-0.3, -0.25) is 9.69 Å². The van der Waals surface area contributed by atoms with Crippen LogP contribution in [0.1, 0.15) is 12.0 Å². The van der Waals surface area contributed by atoms with Crippen molar-refractivity contribution in [2.75, 3.05) is 13.1 Å². The Balaban J connectivity index is 1.87. The minimum Gasteiger partial charge on any atom is -0.330 e. The SMILES string of the molecule is NCCCN1C(=O)NC(=Cc2ccc3ccccc3c2)C1=O. The van der Waals surface area contributed by atoms with Crippen molar-refractivity contribution in [2.45, 2.75) is 6.42 Å². The van der Waals surface area contributed by atoms with Gasteiger partial charge in [0.25, 0.3) is 5.91 Å². The normalized spacial score (nSPS) is 16.6. The minimum absolute atomic E-state index is 0.299. The molecule has 1 aliphatic heterocycles. The third-order valence-electron chi connectivity index (χ3n) is 3.63. The Kier molecular flexibility index (Phi) is 3.89. The Morgan fingerprint density at radius 2 is 1.86 bits per heavy atom. The maximum absolute atomic E-state index is 12.2. The molecule has 0 aromatic heterocycles. The second-order valence-corrected chi connectivity index (χ2v) is 5.19. The topological polar surface area (TPSA) is 75.4 Å². The highest BCUT2D eigenvalue weighted by Crippen LogP contribution is 2.19. The average Bonchev–Trinajstić information content (AvgIpc) is 2.79. The van der Waals surface area contributed by atoms with Gasteiger partial charge in [0.15, 0.2) is 0 Å². The number of fused-ring (bicyclic) bond motifs is 1. The van der Waals surface area contributed by atoms with Crippen molar-refractivity contribution in [2.24, 2.45) is 5.73 Å². The monoisotopic (exact) mass is 295 g/mol. The Bertz CT molecular complexity index is 767. The number of nitrogens with two attached hydrogens (primary N) is 1. The number of urea groups is 1. The molecule has 0 atom stereocenters. The van der Waals surface area contributed by atoms with Crippen LogP contribution in [-0.4, -0.2) is 29.9 Å². The summed E-state index contributed by atoms with van der Waals surface area (Å²) in [6.45, 7) is 0.789. The number of rotatable bonds is 4. The largest absolute Gasteiger partial charge is 0.330 e. The van der Waals surface area contributed by atoms with Crippen LogP contribution in [0.5, 0.6) is 0 Å². The predicted octanol–water partition coefficient (Wildman–Crippen LogP) is 2.08. The number of amides is 3. The Morgan fingerprint density at radius 3 is 2.64 bits per heavy atom. The molecule has 2 aromatic carbocycles. The lowest BCUT2D eigenvalue weighted by Crippen LogP contribution is -2.32. The van der Waals surface area contributed by atoms with Crippen molar-refractivity contribution in [3.8, 4) is 0 Å². The molecule has 3 rings (SSSR count). The zero-order valence-electron chi connectivity index (χ0n) is 12.1. The van der Waals surface area contributed by atoms with E-state index in [1.54, 1.807) is 6.08 Å². The number of imide groups is 1. The maximum Gasteiger partial charge on any atom is 0.329 e. The van der Waals surface area contributed by atoms with Crippen molar-refractivity contribution in [1.29, 1.82) is 0 Å². The number of nitrogens with zero attached hydrogens (tertiary/aromatic N) is 1. The van der Waals surface area contributed by atoms with Gasteiger partial charge in [-0.1, -0.05) is 36.4 Å². The second-order valence-electron chi connectivity index (χ2n) is 5.19. The molecule has 5 heteroatoms. The summed E-state index contributed by atoms with van der Waals surface area (Å²) in [7, 11) is 0. The average molecular weight is 295 g/mol. The van der Waals surface area contributed by atoms with E-state index in [0.717, 1.165) is 16.3 Å². The minimum atomic E-state index is -0.384. The highest BCUT2D eigenvalue weighted by molar-refractivity contribution is 6.14.